The fourth-order valence-corrected chi connectivity index (χ4v) is 2.93. The Morgan fingerprint density at radius 1 is 1.14 bits per heavy atom. The molecule has 1 aromatic carbocycles. The van der Waals surface area contributed by atoms with E-state index in [1.165, 1.54) is 17.5 Å². The normalized spacial score (nSPS) is 28.9. The van der Waals surface area contributed by atoms with Gasteiger partial charge in [-0.2, -0.15) is 0 Å². The molecule has 1 aliphatic heterocycles. The molecule has 0 amide bonds. The molecule has 1 aliphatic carbocycles. The molecule has 1 fully saturated rings. The molecule has 0 aromatic heterocycles. The lowest BCUT2D eigenvalue weighted by Crippen LogP contribution is -2.28. The quantitative estimate of drug-likeness (QED) is 0.534. The van der Waals surface area contributed by atoms with Crippen LogP contribution in [0.2, 0.25) is 0 Å². The highest BCUT2D eigenvalue weighted by atomic mass is 14.9. The third-order valence-electron chi connectivity index (χ3n) is 3.46. The second kappa shape index (κ2) is 2.64. The van der Waals surface area contributed by atoms with Crippen molar-refractivity contribution in [2.24, 2.45) is 0 Å². The number of hydrogen-bond acceptors (Lipinski definition) is 3. The highest BCUT2D eigenvalue weighted by molar-refractivity contribution is 5.64. The van der Waals surface area contributed by atoms with E-state index in [1.807, 2.05) is 6.07 Å². The van der Waals surface area contributed by atoms with Crippen LogP contribution in [0.3, 0.4) is 0 Å². The molecular formula is C11H15N3. The van der Waals surface area contributed by atoms with Gasteiger partial charge in [0.2, 0.25) is 0 Å². The summed E-state index contributed by atoms with van der Waals surface area (Å²) in [6.45, 7) is 2.14. The fourth-order valence-electron chi connectivity index (χ4n) is 2.93. The number of nitrogens with one attached hydrogen (secondary N) is 1. The molecule has 3 nitrogen and oxygen atoms in total. The maximum absolute atomic E-state index is 6.02. The molecule has 2 bridgehead atoms. The van der Waals surface area contributed by atoms with Gasteiger partial charge < -0.3 is 16.8 Å². The predicted octanol–water partition coefficient (Wildman–Crippen LogP) is 1.03. The molecule has 0 spiro atoms. The molecular weight excluding hydrogens is 174 g/mol. The van der Waals surface area contributed by atoms with Gasteiger partial charge in [-0.25, -0.2) is 0 Å². The van der Waals surface area contributed by atoms with Crippen molar-refractivity contribution in [2.45, 2.75) is 18.3 Å². The average molecular weight is 189 g/mol. The summed E-state index contributed by atoms with van der Waals surface area (Å²) in [4.78, 5) is 0. The van der Waals surface area contributed by atoms with Gasteiger partial charge in [0.25, 0.3) is 0 Å². The van der Waals surface area contributed by atoms with Crippen LogP contribution >= 0.6 is 0 Å². The topological polar surface area (TPSA) is 64.1 Å². The van der Waals surface area contributed by atoms with Gasteiger partial charge in [-0.1, -0.05) is 0 Å². The molecule has 3 heteroatoms. The standard InChI is InChI=1S/C11H15N3/c12-8-2-9-6-1-7(5-14-4-6)11(9)10(13)3-8/h2-3,6-7,14H,1,4-5,12-13H2/t6-,7+/m0/s1. The minimum atomic E-state index is 0.615. The minimum Gasteiger partial charge on any atom is -0.399 e. The van der Waals surface area contributed by atoms with E-state index in [0.29, 0.717) is 11.8 Å². The van der Waals surface area contributed by atoms with Crippen LogP contribution in [0.5, 0.6) is 0 Å². The maximum atomic E-state index is 6.02. The molecule has 3 rings (SSSR count). The first-order valence-corrected chi connectivity index (χ1v) is 5.15. The van der Waals surface area contributed by atoms with Crippen molar-refractivity contribution in [3.63, 3.8) is 0 Å². The second-order valence-corrected chi connectivity index (χ2v) is 4.40. The van der Waals surface area contributed by atoms with E-state index < -0.39 is 0 Å². The highest BCUT2D eigenvalue weighted by Crippen LogP contribution is 2.46. The van der Waals surface area contributed by atoms with Crippen LogP contribution in [-0.2, 0) is 0 Å². The Kier molecular flexibility index (Phi) is 1.53. The third-order valence-corrected chi connectivity index (χ3v) is 3.46. The lowest BCUT2D eigenvalue weighted by atomic mass is 9.97. The van der Waals surface area contributed by atoms with Gasteiger partial charge in [-0.3, -0.25) is 0 Å². The van der Waals surface area contributed by atoms with Gasteiger partial charge in [-0.15, -0.1) is 0 Å². The molecule has 0 saturated carbocycles. The van der Waals surface area contributed by atoms with Crippen LogP contribution in [0.25, 0.3) is 0 Å². The second-order valence-electron chi connectivity index (χ2n) is 4.40. The zero-order chi connectivity index (χ0) is 9.71. The van der Waals surface area contributed by atoms with Crippen LogP contribution < -0.4 is 16.8 Å². The van der Waals surface area contributed by atoms with E-state index in [0.717, 1.165) is 24.5 Å². The summed E-state index contributed by atoms with van der Waals surface area (Å²) >= 11 is 0. The number of benzene rings is 1. The number of piperidine rings is 1. The van der Waals surface area contributed by atoms with Crippen molar-refractivity contribution >= 4 is 11.4 Å². The van der Waals surface area contributed by atoms with E-state index in [9.17, 15) is 0 Å². The Bertz CT molecular complexity index is 386. The van der Waals surface area contributed by atoms with Crippen LogP contribution in [-0.4, -0.2) is 13.1 Å². The summed E-state index contributed by atoms with van der Waals surface area (Å²) in [5, 5.41) is 3.44. The van der Waals surface area contributed by atoms with Crippen molar-refractivity contribution in [3.05, 3.63) is 23.3 Å². The van der Waals surface area contributed by atoms with Crippen LogP contribution in [0, 0.1) is 0 Å². The molecule has 2 aliphatic rings. The van der Waals surface area contributed by atoms with Gasteiger partial charge in [-0.05, 0) is 41.5 Å². The SMILES string of the molecule is Nc1cc(N)c2c(c1)[C@@H]1CNC[C@H]2C1. The number of anilines is 2. The lowest BCUT2D eigenvalue weighted by molar-refractivity contribution is 0.454. The first-order valence-electron chi connectivity index (χ1n) is 5.15. The van der Waals surface area contributed by atoms with Crippen LogP contribution in [0.4, 0.5) is 11.4 Å². The highest BCUT2D eigenvalue weighted by Gasteiger charge is 2.35. The minimum absolute atomic E-state index is 0.615. The first-order chi connectivity index (χ1) is 6.75. The van der Waals surface area contributed by atoms with Crippen molar-refractivity contribution in [2.75, 3.05) is 24.6 Å². The zero-order valence-corrected chi connectivity index (χ0v) is 8.09. The summed E-state index contributed by atoms with van der Waals surface area (Å²) in [7, 11) is 0. The fraction of sp³-hybridized carbons (Fsp3) is 0.455. The molecule has 74 valence electrons. The molecule has 1 saturated heterocycles. The number of rotatable bonds is 0. The molecule has 1 heterocycles. The molecule has 5 N–H and O–H groups in total. The molecule has 14 heavy (non-hydrogen) atoms. The van der Waals surface area contributed by atoms with Gasteiger partial charge >= 0.3 is 0 Å². The summed E-state index contributed by atoms with van der Waals surface area (Å²) in [6, 6.07) is 3.99. The Morgan fingerprint density at radius 2 is 1.93 bits per heavy atom. The Labute approximate surface area is 83.5 Å². The maximum Gasteiger partial charge on any atom is 0.0373 e. The number of hydrogen-bond donors (Lipinski definition) is 3. The Hall–Kier alpha value is -1.22. The molecule has 0 radical (unpaired) electrons. The van der Waals surface area contributed by atoms with Crippen molar-refractivity contribution in [1.82, 2.24) is 5.32 Å². The third kappa shape index (κ3) is 0.960. The van der Waals surface area contributed by atoms with Gasteiger partial charge in [0.1, 0.15) is 0 Å². The van der Waals surface area contributed by atoms with E-state index in [-0.39, 0.29) is 0 Å². The van der Waals surface area contributed by atoms with E-state index >= 15 is 0 Å². The summed E-state index contributed by atoms with van der Waals surface area (Å²) in [5.41, 5.74) is 16.3. The molecule has 2 atom stereocenters. The molecule has 1 aromatic rings. The van der Waals surface area contributed by atoms with Gasteiger partial charge in [0, 0.05) is 24.5 Å². The molecule has 0 unspecified atom stereocenters. The van der Waals surface area contributed by atoms with Crippen molar-refractivity contribution < 1.29 is 0 Å². The number of nitrogens with two attached hydrogens (primary N) is 2. The van der Waals surface area contributed by atoms with Crippen LogP contribution in [0.1, 0.15) is 29.4 Å². The largest absolute Gasteiger partial charge is 0.399 e. The predicted molar refractivity (Wildman–Crippen MR) is 58.2 cm³/mol. The van der Waals surface area contributed by atoms with E-state index in [4.69, 9.17) is 11.5 Å². The van der Waals surface area contributed by atoms with Crippen LogP contribution in [0.15, 0.2) is 12.1 Å². The first kappa shape index (κ1) is 8.12. The van der Waals surface area contributed by atoms with Gasteiger partial charge in [0.15, 0.2) is 0 Å². The Balaban J connectivity index is 2.21. The summed E-state index contributed by atoms with van der Waals surface area (Å²) in [5.74, 6) is 1.25. The number of nitrogen functional groups attached to an aromatic ring is 2. The number of fused-ring (bicyclic) bond motifs is 5. The Morgan fingerprint density at radius 3 is 2.79 bits per heavy atom. The monoisotopic (exact) mass is 189 g/mol. The van der Waals surface area contributed by atoms with Crippen molar-refractivity contribution in [1.29, 1.82) is 0 Å². The van der Waals surface area contributed by atoms with E-state index in [2.05, 4.69) is 11.4 Å². The summed E-state index contributed by atoms with van der Waals surface area (Å²) in [6.07, 6.45) is 1.25. The lowest BCUT2D eigenvalue weighted by Gasteiger charge is -2.20. The van der Waals surface area contributed by atoms with Crippen molar-refractivity contribution in [3.8, 4) is 0 Å². The smallest absolute Gasteiger partial charge is 0.0373 e. The summed E-state index contributed by atoms with van der Waals surface area (Å²) < 4.78 is 0. The van der Waals surface area contributed by atoms with E-state index in [1.54, 1.807) is 0 Å². The average Bonchev–Trinajstić information content (AvgIpc) is 2.39. The van der Waals surface area contributed by atoms with Gasteiger partial charge in [0.05, 0.1) is 0 Å². The zero-order valence-electron chi connectivity index (χ0n) is 8.09.